The summed E-state index contributed by atoms with van der Waals surface area (Å²) >= 11 is 6.31. The van der Waals surface area contributed by atoms with Crippen LogP contribution in [0.5, 0.6) is 0 Å². The molecular formula is C19H28ClN5O3. The van der Waals surface area contributed by atoms with Crippen LogP contribution in [0.3, 0.4) is 0 Å². The van der Waals surface area contributed by atoms with E-state index in [4.69, 9.17) is 11.6 Å². The van der Waals surface area contributed by atoms with Crippen molar-refractivity contribution >= 4 is 29.5 Å². The molecule has 8 nitrogen and oxygen atoms in total. The fourth-order valence-electron chi connectivity index (χ4n) is 4.70. The van der Waals surface area contributed by atoms with E-state index < -0.39 is 5.56 Å². The number of rotatable bonds is 7. The van der Waals surface area contributed by atoms with Gasteiger partial charge in [0.1, 0.15) is 18.5 Å². The minimum Gasteiger partial charge on any atom is -0.398 e. The number of fused-ring (bicyclic) bond motifs is 2. The van der Waals surface area contributed by atoms with Gasteiger partial charge in [-0.2, -0.15) is 5.10 Å². The smallest absolute Gasteiger partial charge is 0.287 e. The number of anilines is 1. The summed E-state index contributed by atoms with van der Waals surface area (Å²) in [4.78, 5) is 28.7. The number of carbonyl (C=O) groups excluding carboxylic acids is 1. The lowest BCUT2D eigenvalue weighted by molar-refractivity contribution is -0.119. The molecule has 0 aromatic carbocycles. The molecule has 9 heteroatoms. The summed E-state index contributed by atoms with van der Waals surface area (Å²) in [6, 6.07) is 0.289. The third-order valence-corrected chi connectivity index (χ3v) is 6.98. The van der Waals surface area contributed by atoms with E-state index in [1.165, 1.54) is 18.2 Å². The average Bonchev–Trinajstić information content (AvgIpc) is 2.66. The number of nitrogens with one attached hydrogen (secondary N) is 2. The molecule has 0 aliphatic heterocycles. The van der Waals surface area contributed by atoms with Gasteiger partial charge in [0.25, 0.3) is 5.56 Å². The molecule has 4 atom stereocenters. The predicted molar refractivity (Wildman–Crippen MR) is 108 cm³/mol. The van der Waals surface area contributed by atoms with E-state index in [-0.39, 0.29) is 29.9 Å². The Morgan fingerprint density at radius 1 is 1.50 bits per heavy atom. The maximum atomic E-state index is 12.5. The first-order chi connectivity index (χ1) is 13.3. The molecule has 0 saturated heterocycles. The molecule has 1 aromatic rings. The van der Waals surface area contributed by atoms with Gasteiger partial charge in [-0.3, -0.25) is 9.59 Å². The first kappa shape index (κ1) is 20.6. The highest BCUT2D eigenvalue weighted by Gasteiger charge is 2.56. The summed E-state index contributed by atoms with van der Waals surface area (Å²) in [5.41, 5.74) is 0.562. The Balaban J connectivity index is 1.62. The molecule has 1 amide bonds. The van der Waals surface area contributed by atoms with Crippen molar-refractivity contribution < 1.29 is 9.63 Å². The van der Waals surface area contributed by atoms with Crippen LogP contribution >= 0.6 is 11.6 Å². The van der Waals surface area contributed by atoms with Gasteiger partial charge in [0.05, 0.1) is 18.4 Å². The van der Waals surface area contributed by atoms with E-state index in [1.807, 2.05) is 0 Å². The monoisotopic (exact) mass is 409 g/mol. The second-order valence-electron chi connectivity index (χ2n) is 8.34. The Morgan fingerprint density at radius 2 is 2.25 bits per heavy atom. The molecule has 1 aromatic heterocycles. The second-order valence-corrected chi connectivity index (χ2v) is 8.72. The Labute approximate surface area is 169 Å². The first-order valence-corrected chi connectivity index (χ1v) is 10.00. The van der Waals surface area contributed by atoms with Crippen LogP contribution < -0.4 is 16.2 Å². The normalized spacial score (nSPS) is 27.9. The summed E-state index contributed by atoms with van der Waals surface area (Å²) in [7, 11) is 1.38. The fourth-order valence-corrected chi connectivity index (χ4v) is 4.90. The van der Waals surface area contributed by atoms with Gasteiger partial charge in [-0.25, -0.2) is 4.68 Å². The fraction of sp³-hybridized carbons (Fsp3) is 0.684. The van der Waals surface area contributed by atoms with E-state index in [9.17, 15) is 9.59 Å². The van der Waals surface area contributed by atoms with Crippen LogP contribution in [-0.4, -0.2) is 35.2 Å². The number of nitrogens with zero attached hydrogens (tertiary/aromatic N) is 3. The molecule has 0 unspecified atom stereocenters. The maximum Gasteiger partial charge on any atom is 0.287 e. The molecule has 0 spiro atoms. The van der Waals surface area contributed by atoms with Gasteiger partial charge in [-0.1, -0.05) is 37.5 Å². The zero-order valence-corrected chi connectivity index (χ0v) is 17.5. The lowest BCUT2D eigenvalue weighted by Gasteiger charge is -2.62. The van der Waals surface area contributed by atoms with E-state index in [0.29, 0.717) is 28.9 Å². The summed E-state index contributed by atoms with van der Waals surface area (Å²) < 4.78 is 1.20. The summed E-state index contributed by atoms with van der Waals surface area (Å²) in [6.07, 6.45) is 5.16. The first-order valence-electron chi connectivity index (χ1n) is 9.62. The van der Waals surface area contributed by atoms with Crippen molar-refractivity contribution in [2.45, 2.75) is 52.6 Å². The minimum atomic E-state index is -0.404. The molecule has 3 aliphatic rings. The van der Waals surface area contributed by atoms with E-state index >= 15 is 0 Å². The van der Waals surface area contributed by atoms with Gasteiger partial charge >= 0.3 is 0 Å². The Kier molecular flexibility index (Phi) is 5.98. The van der Waals surface area contributed by atoms with Crippen LogP contribution in [0.4, 0.5) is 5.69 Å². The largest absolute Gasteiger partial charge is 0.398 e. The van der Waals surface area contributed by atoms with Crippen LogP contribution in [0.15, 0.2) is 16.1 Å². The van der Waals surface area contributed by atoms with Gasteiger partial charge in [0, 0.05) is 12.5 Å². The predicted octanol–water partition coefficient (Wildman–Crippen LogP) is 2.48. The van der Waals surface area contributed by atoms with Crippen molar-refractivity contribution in [1.82, 2.24) is 15.1 Å². The van der Waals surface area contributed by atoms with Crippen LogP contribution in [0.25, 0.3) is 0 Å². The van der Waals surface area contributed by atoms with Crippen LogP contribution in [0, 0.1) is 23.2 Å². The third-order valence-electron chi connectivity index (χ3n) is 6.61. The van der Waals surface area contributed by atoms with Crippen molar-refractivity contribution in [2.75, 3.05) is 12.4 Å². The van der Waals surface area contributed by atoms with Gasteiger partial charge in [-0.15, -0.1) is 0 Å². The van der Waals surface area contributed by atoms with E-state index in [0.717, 1.165) is 12.8 Å². The second kappa shape index (κ2) is 8.11. The highest BCUT2D eigenvalue weighted by molar-refractivity contribution is 6.32. The highest BCUT2D eigenvalue weighted by Crippen LogP contribution is 2.61. The van der Waals surface area contributed by atoms with E-state index in [1.54, 1.807) is 6.20 Å². The molecule has 3 saturated carbocycles. The van der Waals surface area contributed by atoms with Crippen molar-refractivity contribution in [3.63, 3.8) is 0 Å². The van der Waals surface area contributed by atoms with Crippen LogP contribution in [0.1, 0.15) is 40.0 Å². The van der Waals surface area contributed by atoms with Crippen LogP contribution in [0.2, 0.25) is 5.02 Å². The molecule has 0 radical (unpaired) electrons. The zero-order chi connectivity index (χ0) is 20.5. The molecule has 3 aliphatic carbocycles. The molecule has 3 fully saturated rings. The number of halogens is 1. The van der Waals surface area contributed by atoms with Crippen molar-refractivity contribution in [3.05, 3.63) is 21.6 Å². The van der Waals surface area contributed by atoms with Gasteiger partial charge in [0.15, 0.2) is 0 Å². The number of hydrogen-bond donors (Lipinski definition) is 2. The molecule has 2 bridgehead atoms. The van der Waals surface area contributed by atoms with Crippen LogP contribution in [-0.2, 0) is 16.2 Å². The number of oxime groups is 1. The SMILES string of the molecule is CON=CNC(=O)CCn1ncc(N[C@@H]2C[C@H]3C[C@H]([C@@H]2C)C3(C)C)c(Cl)c1=O. The number of amides is 1. The maximum absolute atomic E-state index is 12.5. The van der Waals surface area contributed by atoms with Crippen molar-refractivity contribution in [1.29, 1.82) is 0 Å². The molecular weight excluding hydrogens is 382 g/mol. The number of hydrogen-bond acceptors (Lipinski definition) is 6. The number of carbonyl (C=O) groups is 1. The Morgan fingerprint density at radius 3 is 2.89 bits per heavy atom. The lowest BCUT2D eigenvalue weighted by Crippen LogP contribution is -2.58. The standard InChI is InChI=1S/C19H28ClN5O3/c1-11-13-7-12(19(13,2)3)8-14(11)24-15-9-22-25(18(27)17(15)20)6-5-16(26)21-10-23-28-4/h9-14,24H,5-8H2,1-4H3,(H,21,23,26)/t11-,12+,13+,14+/m0/s1. The number of aromatic nitrogens is 2. The topological polar surface area (TPSA) is 97.6 Å². The molecule has 1 heterocycles. The molecule has 4 rings (SSSR count). The minimum absolute atomic E-state index is 0.0733. The van der Waals surface area contributed by atoms with Crippen molar-refractivity contribution in [2.24, 2.45) is 28.3 Å². The molecule has 154 valence electrons. The van der Waals surface area contributed by atoms with E-state index in [2.05, 4.69) is 46.5 Å². The third kappa shape index (κ3) is 3.87. The highest BCUT2D eigenvalue weighted by atomic mass is 35.5. The van der Waals surface area contributed by atoms with Gasteiger partial charge in [0.2, 0.25) is 5.91 Å². The Bertz CT molecular complexity index is 822. The van der Waals surface area contributed by atoms with Crippen molar-refractivity contribution in [3.8, 4) is 0 Å². The summed E-state index contributed by atoms with van der Waals surface area (Å²) in [5.74, 6) is 1.61. The quantitative estimate of drug-likeness (QED) is 0.409. The average molecular weight is 410 g/mol. The Hall–Kier alpha value is -2.09. The summed E-state index contributed by atoms with van der Waals surface area (Å²) in [6.45, 7) is 7.11. The number of aryl methyl sites for hydroxylation is 1. The lowest BCUT2D eigenvalue weighted by atomic mass is 9.45. The molecule has 28 heavy (non-hydrogen) atoms. The van der Waals surface area contributed by atoms with Gasteiger partial charge in [-0.05, 0) is 36.0 Å². The molecule has 2 N–H and O–H groups in total. The summed E-state index contributed by atoms with van der Waals surface area (Å²) in [5, 5.41) is 13.6. The van der Waals surface area contributed by atoms with Gasteiger partial charge < -0.3 is 15.5 Å². The zero-order valence-electron chi connectivity index (χ0n) is 16.7.